The number of carbonyl (C=O) groups is 2. The first-order valence-electron chi connectivity index (χ1n) is 8.48. The van der Waals surface area contributed by atoms with Crippen LogP contribution in [-0.4, -0.2) is 46.0 Å². The first kappa shape index (κ1) is 20.6. The molecule has 0 fully saturated rings. The van der Waals surface area contributed by atoms with Crippen LogP contribution in [0.3, 0.4) is 0 Å². The van der Waals surface area contributed by atoms with Gasteiger partial charge in [0.1, 0.15) is 11.5 Å². The van der Waals surface area contributed by atoms with Crippen LogP contribution in [0, 0.1) is 19.7 Å². The van der Waals surface area contributed by atoms with Crippen LogP contribution in [0.25, 0.3) is 5.69 Å². The van der Waals surface area contributed by atoms with Crippen molar-refractivity contribution in [2.75, 3.05) is 13.7 Å². The van der Waals surface area contributed by atoms with E-state index < -0.39 is 17.3 Å². The number of carboxylic acids is 1. The number of carbonyl (C=O) groups excluding carboxylic acids is 1. The second kappa shape index (κ2) is 8.30. The molecule has 1 heterocycles. The van der Waals surface area contributed by atoms with Crippen LogP contribution in [0.15, 0.2) is 24.3 Å². The zero-order valence-electron chi connectivity index (χ0n) is 15.9. The Bertz CT molecular complexity index is 849. The van der Waals surface area contributed by atoms with E-state index >= 15 is 0 Å². The molecular formula is C19H24FN3O4. The molecule has 0 radical (unpaired) electrons. The minimum atomic E-state index is -1.03. The first-order chi connectivity index (χ1) is 12.7. The number of rotatable bonds is 8. The van der Waals surface area contributed by atoms with Gasteiger partial charge in [-0.2, -0.15) is 5.10 Å². The van der Waals surface area contributed by atoms with Crippen molar-refractivity contribution in [3.05, 3.63) is 47.0 Å². The Hall–Kier alpha value is -2.74. The van der Waals surface area contributed by atoms with Crippen molar-refractivity contribution in [3.63, 3.8) is 0 Å². The van der Waals surface area contributed by atoms with Crippen LogP contribution in [0.2, 0.25) is 0 Å². The van der Waals surface area contributed by atoms with E-state index in [9.17, 15) is 14.0 Å². The molecule has 0 saturated carbocycles. The zero-order valence-corrected chi connectivity index (χ0v) is 15.9. The predicted molar refractivity (Wildman–Crippen MR) is 97.4 cm³/mol. The molecule has 27 heavy (non-hydrogen) atoms. The summed E-state index contributed by atoms with van der Waals surface area (Å²) in [6, 6.07) is 6.27. The minimum absolute atomic E-state index is 0.00500. The lowest BCUT2D eigenvalue weighted by molar-refractivity contribution is -0.139. The van der Waals surface area contributed by atoms with Gasteiger partial charge < -0.3 is 15.2 Å². The number of methoxy groups -OCH3 is 1. The van der Waals surface area contributed by atoms with Crippen molar-refractivity contribution in [1.29, 1.82) is 0 Å². The number of halogens is 1. The lowest BCUT2D eigenvalue weighted by atomic mass is 9.98. The second-order valence-corrected chi connectivity index (χ2v) is 6.80. The van der Waals surface area contributed by atoms with Crippen LogP contribution in [-0.2, 0) is 20.7 Å². The molecule has 2 aromatic rings. The molecule has 0 spiro atoms. The molecule has 2 rings (SSSR count). The van der Waals surface area contributed by atoms with Crippen molar-refractivity contribution in [1.82, 2.24) is 15.1 Å². The number of nitrogens with zero attached hydrogens (tertiary/aromatic N) is 2. The Morgan fingerprint density at radius 1 is 1.33 bits per heavy atom. The summed E-state index contributed by atoms with van der Waals surface area (Å²) in [5.41, 5.74) is 1.21. The average molecular weight is 377 g/mol. The molecular weight excluding hydrogens is 353 g/mol. The maximum atomic E-state index is 14.1. The molecule has 0 aliphatic carbocycles. The fourth-order valence-electron chi connectivity index (χ4n) is 3.11. The van der Waals surface area contributed by atoms with Crippen LogP contribution in [0.1, 0.15) is 30.3 Å². The van der Waals surface area contributed by atoms with Crippen molar-refractivity contribution in [2.45, 2.75) is 39.2 Å². The van der Waals surface area contributed by atoms with Crippen molar-refractivity contribution in [3.8, 4) is 5.69 Å². The molecule has 8 heteroatoms. The lowest BCUT2D eigenvalue weighted by Crippen LogP contribution is -2.51. The number of aliphatic carboxylic acids is 1. The maximum absolute atomic E-state index is 14.1. The largest absolute Gasteiger partial charge is 0.481 e. The summed E-state index contributed by atoms with van der Waals surface area (Å²) >= 11 is 0. The minimum Gasteiger partial charge on any atom is -0.481 e. The molecule has 0 aliphatic rings. The fourth-order valence-corrected chi connectivity index (χ4v) is 3.11. The van der Waals surface area contributed by atoms with Crippen molar-refractivity contribution < 1.29 is 23.8 Å². The Kier molecular flexibility index (Phi) is 6.32. The molecule has 1 aromatic carbocycles. The highest BCUT2D eigenvalue weighted by Crippen LogP contribution is 2.21. The van der Waals surface area contributed by atoms with Gasteiger partial charge in [0.15, 0.2) is 0 Å². The van der Waals surface area contributed by atoms with Gasteiger partial charge in [-0.15, -0.1) is 0 Å². The summed E-state index contributed by atoms with van der Waals surface area (Å²) in [6.45, 7) is 5.20. The Labute approximate surface area is 157 Å². The summed E-state index contributed by atoms with van der Waals surface area (Å²) in [6.07, 6.45) is -0.260. The van der Waals surface area contributed by atoms with E-state index in [1.54, 1.807) is 39.0 Å². The highest BCUT2D eigenvalue weighted by Gasteiger charge is 2.30. The standard InChI is InChI=1S/C19H24FN3O4/c1-12-14(9-17(24)21-19(3,11-27-4)10-18(25)26)13(2)23(22-12)16-8-6-5-7-15(16)20/h5-8H,9-11H2,1-4H3,(H,21,24)(H,25,26)/t19-/m1/s1. The number of para-hydroxylation sites is 1. The number of benzene rings is 1. The number of aryl methyl sites for hydroxylation is 1. The number of amides is 1. The number of hydrogen-bond acceptors (Lipinski definition) is 4. The lowest BCUT2D eigenvalue weighted by Gasteiger charge is -2.28. The Morgan fingerprint density at radius 3 is 2.59 bits per heavy atom. The molecule has 0 bridgehead atoms. The molecule has 1 atom stereocenters. The Morgan fingerprint density at radius 2 is 2.00 bits per heavy atom. The molecule has 1 aromatic heterocycles. The molecule has 146 valence electrons. The summed E-state index contributed by atoms with van der Waals surface area (Å²) in [7, 11) is 1.44. The molecule has 2 N–H and O–H groups in total. The maximum Gasteiger partial charge on any atom is 0.305 e. The van der Waals surface area contributed by atoms with Gasteiger partial charge in [0.2, 0.25) is 5.91 Å². The van der Waals surface area contributed by atoms with Gasteiger partial charge in [-0.05, 0) is 32.9 Å². The predicted octanol–water partition coefficient (Wildman–Crippen LogP) is 2.17. The highest BCUT2D eigenvalue weighted by atomic mass is 19.1. The molecule has 0 unspecified atom stereocenters. The van der Waals surface area contributed by atoms with E-state index in [1.165, 1.54) is 17.9 Å². The third-order valence-corrected chi connectivity index (χ3v) is 4.30. The average Bonchev–Trinajstić information content (AvgIpc) is 2.82. The Balaban J connectivity index is 2.23. The number of hydrogen-bond donors (Lipinski definition) is 2. The summed E-state index contributed by atoms with van der Waals surface area (Å²) in [5, 5.41) is 16.2. The van der Waals surface area contributed by atoms with E-state index in [4.69, 9.17) is 9.84 Å². The van der Waals surface area contributed by atoms with Gasteiger partial charge in [0, 0.05) is 18.4 Å². The number of aromatic nitrogens is 2. The van der Waals surface area contributed by atoms with Crippen LogP contribution >= 0.6 is 0 Å². The SMILES string of the molecule is COC[C@@](C)(CC(=O)O)NC(=O)Cc1c(C)nn(-c2ccccc2F)c1C. The van der Waals surface area contributed by atoms with Gasteiger partial charge in [0.05, 0.1) is 30.7 Å². The summed E-state index contributed by atoms with van der Waals surface area (Å²) < 4.78 is 20.6. The normalized spacial score (nSPS) is 13.2. The fraction of sp³-hybridized carbons (Fsp3) is 0.421. The van der Waals surface area contributed by atoms with Crippen LogP contribution < -0.4 is 5.32 Å². The zero-order chi connectivity index (χ0) is 20.2. The van der Waals surface area contributed by atoms with E-state index in [2.05, 4.69) is 10.4 Å². The van der Waals surface area contributed by atoms with Gasteiger partial charge in [-0.1, -0.05) is 12.1 Å². The number of nitrogens with one attached hydrogen (secondary N) is 1. The van der Waals surface area contributed by atoms with Crippen molar-refractivity contribution in [2.24, 2.45) is 0 Å². The monoisotopic (exact) mass is 377 g/mol. The van der Waals surface area contributed by atoms with Gasteiger partial charge in [0.25, 0.3) is 0 Å². The van der Waals surface area contributed by atoms with Crippen LogP contribution in [0.4, 0.5) is 4.39 Å². The summed E-state index contributed by atoms with van der Waals surface area (Å²) in [5.74, 6) is -1.79. The first-order valence-corrected chi connectivity index (χ1v) is 8.48. The third kappa shape index (κ3) is 4.91. The number of carboxylic acid groups (broad SMARTS) is 1. The quantitative estimate of drug-likeness (QED) is 0.735. The number of ether oxygens (including phenoxy) is 1. The van der Waals surface area contributed by atoms with E-state index in [1.807, 2.05) is 0 Å². The third-order valence-electron chi connectivity index (χ3n) is 4.30. The van der Waals surface area contributed by atoms with E-state index in [0.29, 0.717) is 22.6 Å². The topological polar surface area (TPSA) is 93.4 Å². The molecule has 1 amide bonds. The second-order valence-electron chi connectivity index (χ2n) is 6.80. The summed E-state index contributed by atoms with van der Waals surface area (Å²) in [4.78, 5) is 23.6. The van der Waals surface area contributed by atoms with Crippen LogP contribution in [0.5, 0.6) is 0 Å². The molecule has 0 saturated heterocycles. The van der Waals surface area contributed by atoms with Gasteiger partial charge >= 0.3 is 5.97 Å². The van der Waals surface area contributed by atoms with E-state index in [-0.39, 0.29) is 25.4 Å². The van der Waals surface area contributed by atoms with Gasteiger partial charge in [-0.3, -0.25) is 9.59 Å². The molecule has 0 aliphatic heterocycles. The van der Waals surface area contributed by atoms with Gasteiger partial charge in [-0.25, -0.2) is 9.07 Å². The van der Waals surface area contributed by atoms with E-state index in [0.717, 1.165) is 0 Å². The molecule has 7 nitrogen and oxygen atoms in total. The smallest absolute Gasteiger partial charge is 0.305 e. The highest BCUT2D eigenvalue weighted by molar-refractivity contribution is 5.81. The van der Waals surface area contributed by atoms with Crippen molar-refractivity contribution >= 4 is 11.9 Å².